The fourth-order valence-corrected chi connectivity index (χ4v) is 10.1. The van der Waals surface area contributed by atoms with Gasteiger partial charge < -0.3 is 5.11 Å². The predicted molar refractivity (Wildman–Crippen MR) is 133 cm³/mol. The lowest BCUT2D eigenvalue weighted by Crippen LogP contribution is -2.56. The first kappa shape index (κ1) is 25.6. The van der Waals surface area contributed by atoms with Crippen molar-refractivity contribution < 1.29 is 13.9 Å². The Kier molecular flexibility index (Phi) is 7.70. The highest BCUT2D eigenvalue weighted by molar-refractivity contribution is 5.11. The van der Waals surface area contributed by atoms with Crippen LogP contribution in [0.1, 0.15) is 112 Å². The van der Waals surface area contributed by atoms with Gasteiger partial charge in [-0.1, -0.05) is 53.9 Å². The van der Waals surface area contributed by atoms with Gasteiger partial charge in [-0.15, -0.1) is 0 Å². The van der Waals surface area contributed by atoms with Gasteiger partial charge in [0.1, 0.15) is 0 Å². The molecule has 0 heterocycles. The molecule has 1 N–H and O–H groups in total. The minimum absolute atomic E-state index is 0.0109. The van der Waals surface area contributed by atoms with Gasteiger partial charge in [-0.3, -0.25) is 0 Å². The van der Waals surface area contributed by atoms with Crippen LogP contribution in [0, 0.1) is 58.2 Å². The van der Waals surface area contributed by atoms with Crippen LogP contribution in [0.4, 0.5) is 8.78 Å². The van der Waals surface area contributed by atoms with Gasteiger partial charge in [0, 0.05) is 0 Å². The molecule has 190 valence electrons. The number of aliphatic hydroxyl groups excluding tert-OH is 1. The van der Waals surface area contributed by atoms with Crippen LogP contribution >= 0.6 is 0 Å². The summed E-state index contributed by atoms with van der Waals surface area (Å²) in [5, 5.41) is 10.7. The fraction of sp³-hybridized carbons (Fsp3) is 0.933. The van der Waals surface area contributed by atoms with E-state index in [0.29, 0.717) is 17.8 Å². The van der Waals surface area contributed by atoms with E-state index < -0.39 is 12.2 Å². The van der Waals surface area contributed by atoms with Gasteiger partial charge in [-0.05, 0) is 122 Å². The second-order valence-electron chi connectivity index (χ2n) is 13.6. The molecule has 4 aliphatic carbocycles. The molecule has 0 aromatic carbocycles. The van der Waals surface area contributed by atoms with Crippen LogP contribution in [0.25, 0.3) is 0 Å². The first-order valence-corrected chi connectivity index (χ1v) is 14.3. The van der Waals surface area contributed by atoms with Gasteiger partial charge in [0.2, 0.25) is 0 Å². The van der Waals surface area contributed by atoms with Crippen LogP contribution < -0.4 is 0 Å². The second-order valence-corrected chi connectivity index (χ2v) is 13.6. The highest BCUT2D eigenvalue weighted by Gasteiger charge is 2.61. The Morgan fingerprint density at radius 3 is 2.24 bits per heavy atom. The maximum Gasteiger partial charge on any atom is 0.266 e. The number of aliphatic hydroxyl groups is 1. The number of hydrogen-bond acceptors (Lipinski definition) is 1. The van der Waals surface area contributed by atoms with E-state index in [1.54, 1.807) is 0 Å². The molecule has 0 saturated heterocycles. The summed E-state index contributed by atoms with van der Waals surface area (Å²) in [7, 11) is 0. The van der Waals surface area contributed by atoms with E-state index in [4.69, 9.17) is 0 Å². The molecule has 0 spiro atoms. The molecule has 1 nitrogen and oxygen atoms in total. The van der Waals surface area contributed by atoms with Crippen molar-refractivity contribution in [2.45, 2.75) is 118 Å². The summed E-state index contributed by atoms with van der Waals surface area (Å²) in [5.74, 6) is 5.30. The predicted octanol–water partition coefficient (Wildman–Crippen LogP) is 8.87. The van der Waals surface area contributed by atoms with Gasteiger partial charge in [0.15, 0.2) is 0 Å². The smallest absolute Gasteiger partial charge is 0.266 e. The standard InChI is InChI=1S/C30H50F2O/c1-19(2)7-6-8-20(3)23-12-13-24-21-9-11-25-22(10-14-28(31)32)27(33)16-18-30(25,5)26(21)15-17-29(23,24)4/h14,19-27,33H,6-13,15-18H2,1-5H3/t20-,21-,22-,23+,24-,25-,26-,27+,29+,30-/m0/s1. The van der Waals surface area contributed by atoms with Crippen LogP contribution in [-0.2, 0) is 0 Å². The SMILES string of the molecule is CC(C)CCC[C@H](C)[C@H]1CC[C@H]2[C@@H]3CC[C@H]4[C@H](CC=C(F)F)[C@H](O)CC[C@]4(C)[C@H]3CC[C@]12C. The van der Waals surface area contributed by atoms with E-state index in [-0.39, 0.29) is 11.3 Å². The molecule has 10 atom stereocenters. The molecule has 4 saturated carbocycles. The molecule has 0 bridgehead atoms. The summed E-state index contributed by atoms with van der Waals surface area (Å²) in [6.45, 7) is 12.3. The fourth-order valence-electron chi connectivity index (χ4n) is 10.1. The summed E-state index contributed by atoms with van der Waals surface area (Å²) in [5.41, 5.74) is 0.713. The van der Waals surface area contributed by atoms with Crippen molar-refractivity contribution in [3.63, 3.8) is 0 Å². The Labute approximate surface area is 202 Å². The van der Waals surface area contributed by atoms with Crippen LogP contribution in [-0.4, -0.2) is 11.2 Å². The van der Waals surface area contributed by atoms with Gasteiger partial charge in [0.05, 0.1) is 6.10 Å². The topological polar surface area (TPSA) is 20.2 Å². The monoisotopic (exact) mass is 464 g/mol. The third-order valence-corrected chi connectivity index (χ3v) is 11.7. The molecule has 0 unspecified atom stereocenters. The van der Waals surface area contributed by atoms with E-state index in [1.165, 1.54) is 51.4 Å². The molecule has 0 aliphatic heterocycles. The number of halogens is 2. The zero-order chi connectivity index (χ0) is 24.0. The summed E-state index contributed by atoms with van der Waals surface area (Å²) >= 11 is 0. The number of fused-ring (bicyclic) bond motifs is 5. The Balaban J connectivity index is 1.48. The molecule has 4 aliphatic rings. The Bertz CT molecular complexity index is 699. The highest BCUT2D eigenvalue weighted by atomic mass is 19.3. The van der Waals surface area contributed by atoms with Crippen LogP contribution in [0.2, 0.25) is 0 Å². The van der Waals surface area contributed by atoms with Gasteiger partial charge in [-0.2, -0.15) is 8.78 Å². The first-order chi connectivity index (χ1) is 15.6. The van der Waals surface area contributed by atoms with E-state index in [0.717, 1.165) is 60.8 Å². The minimum Gasteiger partial charge on any atom is -0.393 e. The van der Waals surface area contributed by atoms with Crippen molar-refractivity contribution in [3.8, 4) is 0 Å². The first-order valence-electron chi connectivity index (χ1n) is 14.3. The lowest BCUT2D eigenvalue weighted by atomic mass is 9.43. The largest absolute Gasteiger partial charge is 0.393 e. The average molecular weight is 465 g/mol. The van der Waals surface area contributed by atoms with Crippen molar-refractivity contribution in [2.24, 2.45) is 58.2 Å². The average Bonchev–Trinajstić information content (AvgIpc) is 3.10. The Morgan fingerprint density at radius 2 is 1.55 bits per heavy atom. The second kappa shape index (κ2) is 9.90. The Hall–Kier alpha value is -0.440. The van der Waals surface area contributed by atoms with Crippen molar-refractivity contribution in [2.75, 3.05) is 0 Å². The molecule has 0 radical (unpaired) electrons. The van der Waals surface area contributed by atoms with Crippen molar-refractivity contribution >= 4 is 0 Å². The van der Waals surface area contributed by atoms with E-state index >= 15 is 0 Å². The number of hydrogen-bond donors (Lipinski definition) is 1. The van der Waals surface area contributed by atoms with Gasteiger partial charge in [-0.25, -0.2) is 0 Å². The third-order valence-electron chi connectivity index (χ3n) is 11.7. The zero-order valence-corrected chi connectivity index (χ0v) is 22.0. The van der Waals surface area contributed by atoms with Gasteiger partial charge >= 0.3 is 0 Å². The van der Waals surface area contributed by atoms with Crippen LogP contribution in [0.5, 0.6) is 0 Å². The quantitative estimate of drug-likeness (QED) is 0.399. The van der Waals surface area contributed by atoms with E-state index in [9.17, 15) is 13.9 Å². The summed E-state index contributed by atoms with van der Waals surface area (Å²) in [4.78, 5) is 0. The third kappa shape index (κ3) is 4.70. The van der Waals surface area contributed by atoms with E-state index in [2.05, 4.69) is 34.6 Å². The van der Waals surface area contributed by atoms with Crippen molar-refractivity contribution in [1.82, 2.24) is 0 Å². The van der Waals surface area contributed by atoms with Crippen molar-refractivity contribution in [1.29, 1.82) is 0 Å². The summed E-state index contributed by atoms with van der Waals surface area (Å²) < 4.78 is 25.8. The Morgan fingerprint density at radius 1 is 0.879 bits per heavy atom. The molecule has 33 heavy (non-hydrogen) atoms. The van der Waals surface area contributed by atoms with Gasteiger partial charge in [0.25, 0.3) is 6.08 Å². The number of rotatable bonds is 7. The molecular formula is C30H50F2O. The lowest BCUT2D eigenvalue weighted by Gasteiger charge is -2.62. The van der Waals surface area contributed by atoms with Crippen LogP contribution in [0.15, 0.2) is 12.2 Å². The summed E-state index contributed by atoms with van der Waals surface area (Å²) in [6.07, 6.45) is 13.3. The molecular weight excluding hydrogens is 414 g/mol. The molecule has 0 aromatic rings. The highest BCUT2D eigenvalue weighted by Crippen LogP contribution is 2.69. The van der Waals surface area contributed by atoms with Crippen molar-refractivity contribution in [3.05, 3.63) is 12.2 Å². The van der Waals surface area contributed by atoms with Crippen LogP contribution in [0.3, 0.4) is 0 Å². The molecule has 4 rings (SSSR count). The molecule has 4 fully saturated rings. The lowest BCUT2D eigenvalue weighted by molar-refractivity contribution is -0.152. The minimum atomic E-state index is -1.59. The van der Waals surface area contributed by atoms with E-state index in [1.807, 2.05) is 0 Å². The summed E-state index contributed by atoms with van der Waals surface area (Å²) in [6, 6.07) is 0. The normalized spacial score (nSPS) is 45.8. The molecule has 0 amide bonds. The maximum atomic E-state index is 12.9. The molecule has 0 aromatic heterocycles. The molecule has 3 heteroatoms. The maximum absolute atomic E-state index is 12.9. The zero-order valence-electron chi connectivity index (χ0n) is 22.0. The number of allylic oxidation sites excluding steroid dienone is 1.